The van der Waals surface area contributed by atoms with Crippen LogP contribution in [0.3, 0.4) is 0 Å². The Kier molecular flexibility index (Phi) is 6.69. The van der Waals surface area contributed by atoms with Crippen molar-refractivity contribution in [2.75, 3.05) is 20.1 Å². The van der Waals surface area contributed by atoms with Crippen LogP contribution >= 0.6 is 0 Å². The molecule has 0 radical (unpaired) electrons. The number of benzene rings is 1. The summed E-state index contributed by atoms with van der Waals surface area (Å²) < 4.78 is 2.22. The molecule has 2 heterocycles. The van der Waals surface area contributed by atoms with E-state index < -0.39 is 0 Å². The fraction of sp³-hybridized carbons (Fsp3) is 0.455. The molecule has 0 amide bonds. The van der Waals surface area contributed by atoms with Crippen LogP contribution in [0.1, 0.15) is 38.1 Å². The second-order valence-electron chi connectivity index (χ2n) is 7.49. The van der Waals surface area contributed by atoms with Gasteiger partial charge in [-0.05, 0) is 24.3 Å². The highest BCUT2D eigenvalue weighted by atomic mass is 15.3. The van der Waals surface area contributed by atoms with Gasteiger partial charge in [-0.15, -0.1) is 0 Å². The molecule has 144 valence electrons. The Morgan fingerprint density at radius 3 is 2.63 bits per heavy atom. The number of aromatic nitrogens is 2. The van der Waals surface area contributed by atoms with Crippen LogP contribution in [0.5, 0.6) is 0 Å². The van der Waals surface area contributed by atoms with Crippen molar-refractivity contribution in [2.45, 2.75) is 39.8 Å². The number of nitrogens with one attached hydrogen (secondary N) is 1. The molecule has 1 saturated heterocycles. The van der Waals surface area contributed by atoms with Crippen LogP contribution < -0.4 is 5.32 Å². The summed E-state index contributed by atoms with van der Waals surface area (Å²) in [5.41, 5.74) is 2.81. The summed E-state index contributed by atoms with van der Waals surface area (Å²) in [5, 5.41) is 3.49. The first-order valence-corrected chi connectivity index (χ1v) is 9.86. The standard InChI is InChI=1S/C22H31N5/c1-18(2)17-27-14-11-24-21(27)16-25-22(23-3)26-12-9-20(10-13-26)15-19-7-5-4-6-8-19/h4-8,11,14-15,18H,9-10,12-13,16-17H2,1-3H3,(H,23,25). The molecule has 0 unspecified atom stereocenters. The first-order valence-electron chi connectivity index (χ1n) is 9.86. The van der Waals surface area contributed by atoms with Crippen molar-refractivity contribution in [3.8, 4) is 0 Å². The molecule has 5 heteroatoms. The van der Waals surface area contributed by atoms with Crippen molar-refractivity contribution in [3.63, 3.8) is 0 Å². The predicted molar refractivity (Wildman–Crippen MR) is 112 cm³/mol. The monoisotopic (exact) mass is 365 g/mol. The van der Waals surface area contributed by atoms with Crippen LogP contribution in [-0.4, -0.2) is 40.5 Å². The van der Waals surface area contributed by atoms with Crippen molar-refractivity contribution in [3.05, 3.63) is 59.7 Å². The van der Waals surface area contributed by atoms with E-state index in [1.54, 1.807) is 0 Å². The Labute approximate surface area is 162 Å². The van der Waals surface area contributed by atoms with Crippen LogP contribution in [0, 0.1) is 5.92 Å². The molecule has 0 aliphatic carbocycles. The third-order valence-electron chi connectivity index (χ3n) is 4.86. The zero-order valence-corrected chi connectivity index (χ0v) is 16.7. The van der Waals surface area contributed by atoms with Crippen molar-refractivity contribution >= 4 is 12.0 Å². The number of imidazole rings is 1. The van der Waals surface area contributed by atoms with Gasteiger partial charge in [0.15, 0.2) is 5.96 Å². The summed E-state index contributed by atoms with van der Waals surface area (Å²) in [4.78, 5) is 11.3. The molecule has 1 aromatic carbocycles. The number of guanidine groups is 1. The normalized spacial score (nSPS) is 15.3. The SMILES string of the molecule is CN=C(NCc1nccn1CC(C)C)N1CCC(=Cc2ccccc2)CC1. The minimum absolute atomic E-state index is 0.606. The molecule has 0 atom stereocenters. The number of hydrogen-bond donors (Lipinski definition) is 1. The van der Waals surface area contributed by atoms with Gasteiger partial charge in [0.05, 0.1) is 6.54 Å². The minimum Gasteiger partial charge on any atom is -0.349 e. The van der Waals surface area contributed by atoms with Crippen LogP contribution in [0.2, 0.25) is 0 Å². The van der Waals surface area contributed by atoms with E-state index in [4.69, 9.17) is 0 Å². The molecule has 2 aromatic rings. The van der Waals surface area contributed by atoms with Gasteiger partial charge in [-0.3, -0.25) is 4.99 Å². The maximum Gasteiger partial charge on any atom is 0.194 e. The molecule has 3 rings (SSSR count). The molecular formula is C22H31N5. The quantitative estimate of drug-likeness (QED) is 0.648. The molecule has 5 nitrogen and oxygen atoms in total. The third kappa shape index (κ3) is 5.46. The smallest absolute Gasteiger partial charge is 0.194 e. The van der Waals surface area contributed by atoms with E-state index in [0.717, 1.165) is 44.3 Å². The van der Waals surface area contributed by atoms with Crippen molar-refractivity contribution < 1.29 is 0 Å². The fourth-order valence-corrected chi connectivity index (χ4v) is 3.49. The summed E-state index contributed by atoms with van der Waals surface area (Å²) in [7, 11) is 1.86. The number of nitrogens with zero attached hydrogens (tertiary/aromatic N) is 4. The van der Waals surface area contributed by atoms with Gasteiger partial charge < -0.3 is 14.8 Å². The number of hydrogen-bond acceptors (Lipinski definition) is 2. The zero-order chi connectivity index (χ0) is 19.1. The van der Waals surface area contributed by atoms with E-state index in [2.05, 4.69) is 81.2 Å². The molecular weight excluding hydrogens is 334 g/mol. The number of likely N-dealkylation sites (tertiary alicyclic amines) is 1. The lowest BCUT2D eigenvalue weighted by Crippen LogP contribution is -2.44. The Morgan fingerprint density at radius 2 is 1.96 bits per heavy atom. The lowest BCUT2D eigenvalue weighted by atomic mass is 10.0. The average Bonchev–Trinajstić information content (AvgIpc) is 3.10. The van der Waals surface area contributed by atoms with E-state index in [-0.39, 0.29) is 0 Å². The Morgan fingerprint density at radius 1 is 1.22 bits per heavy atom. The van der Waals surface area contributed by atoms with Crippen LogP contribution in [-0.2, 0) is 13.1 Å². The second-order valence-corrected chi connectivity index (χ2v) is 7.49. The average molecular weight is 366 g/mol. The molecule has 0 spiro atoms. The lowest BCUT2D eigenvalue weighted by molar-refractivity contribution is 0.374. The van der Waals surface area contributed by atoms with E-state index in [1.165, 1.54) is 11.1 Å². The largest absolute Gasteiger partial charge is 0.349 e. The van der Waals surface area contributed by atoms with Gasteiger partial charge in [0.2, 0.25) is 0 Å². The molecule has 1 fully saturated rings. The predicted octanol–water partition coefficient (Wildman–Crippen LogP) is 3.79. The van der Waals surface area contributed by atoms with Gasteiger partial charge in [0.1, 0.15) is 5.82 Å². The summed E-state index contributed by atoms with van der Waals surface area (Å²) in [6.07, 6.45) is 8.43. The van der Waals surface area contributed by atoms with E-state index in [9.17, 15) is 0 Å². The molecule has 0 bridgehead atoms. The first kappa shape index (κ1) is 19.2. The summed E-state index contributed by atoms with van der Waals surface area (Å²) in [5.74, 6) is 2.63. The molecule has 1 aliphatic heterocycles. The van der Waals surface area contributed by atoms with Crippen molar-refractivity contribution in [2.24, 2.45) is 10.9 Å². The molecule has 0 saturated carbocycles. The van der Waals surface area contributed by atoms with Crippen LogP contribution in [0.4, 0.5) is 0 Å². The highest BCUT2D eigenvalue weighted by Gasteiger charge is 2.17. The van der Waals surface area contributed by atoms with E-state index in [1.807, 2.05) is 13.2 Å². The highest BCUT2D eigenvalue weighted by molar-refractivity contribution is 5.80. The van der Waals surface area contributed by atoms with Crippen LogP contribution in [0.15, 0.2) is 53.3 Å². The van der Waals surface area contributed by atoms with Gasteiger partial charge in [0.25, 0.3) is 0 Å². The summed E-state index contributed by atoms with van der Waals surface area (Å²) >= 11 is 0. The fourth-order valence-electron chi connectivity index (χ4n) is 3.49. The summed E-state index contributed by atoms with van der Waals surface area (Å²) in [6.45, 7) is 8.15. The number of piperidine rings is 1. The van der Waals surface area contributed by atoms with E-state index >= 15 is 0 Å². The van der Waals surface area contributed by atoms with Crippen LogP contribution in [0.25, 0.3) is 6.08 Å². The zero-order valence-electron chi connectivity index (χ0n) is 16.7. The highest BCUT2D eigenvalue weighted by Crippen LogP contribution is 2.19. The van der Waals surface area contributed by atoms with Gasteiger partial charge in [0, 0.05) is 39.1 Å². The maximum atomic E-state index is 4.50. The van der Waals surface area contributed by atoms with Gasteiger partial charge in [-0.1, -0.05) is 55.8 Å². The topological polar surface area (TPSA) is 45.5 Å². The lowest BCUT2D eigenvalue weighted by Gasteiger charge is -2.31. The molecule has 1 aromatic heterocycles. The Bertz CT molecular complexity index is 763. The van der Waals surface area contributed by atoms with Gasteiger partial charge in [-0.25, -0.2) is 4.98 Å². The Balaban J connectivity index is 1.54. The van der Waals surface area contributed by atoms with Gasteiger partial charge >= 0.3 is 0 Å². The second kappa shape index (κ2) is 9.40. The van der Waals surface area contributed by atoms with Gasteiger partial charge in [-0.2, -0.15) is 0 Å². The molecule has 1 N–H and O–H groups in total. The molecule has 27 heavy (non-hydrogen) atoms. The number of rotatable bonds is 5. The number of aliphatic imine (C=N–C) groups is 1. The first-order chi connectivity index (χ1) is 13.2. The Hall–Kier alpha value is -2.56. The van der Waals surface area contributed by atoms with Crippen molar-refractivity contribution in [1.82, 2.24) is 19.8 Å². The summed E-state index contributed by atoms with van der Waals surface area (Å²) in [6, 6.07) is 10.6. The molecule has 1 aliphatic rings. The van der Waals surface area contributed by atoms with E-state index in [0.29, 0.717) is 12.5 Å². The minimum atomic E-state index is 0.606. The maximum absolute atomic E-state index is 4.50. The van der Waals surface area contributed by atoms with Crippen molar-refractivity contribution in [1.29, 1.82) is 0 Å². The third-order valence-corrected chi connectivity index (χ3v) is 4.86.